The summed E-state index contributed by atoms with van der Waals surface area (Å²) < 4.78 is 5.99. The van der Waals surface area contributed by atoms with Gasteiger partial charge in [-0.25, -0.2) is 4.79 Å². The van der Waals surface area contributed by atoms with E-state index in [1.807, 2.05) is 12.1 Å². The summed E-state index contributed by atoms with van der Waals surface area (Å²) in [5.74, 6) is -2.24. The number of hydrogen-bond donors (Lipinski definition) is 0. The standard InChI is InChI=1S/C25H18BrNO5/c1-13(25(31)32-12-20(28)14-4-8-17(26)9-5-14)27-23(29)18-10-6-15-2-3-16-7-11-19(24(27)30)22(18)21(15)16/h4-11,13H,2-3,12H2,1H3/t13-/m1/s1. The molecular weight excluding hydrogens is 474 g/mol. The number of nitrogens with zero attached hydrogens (tertiary/aromatic N) is 1. The average Bonchev–Trinajstić information content (AvgIpc) is 3.22. The normalized spacial score (nSPS) is 15.2. The first-order valence-electron chi connectivity index (χ1n) is 10.3. The van der Waals surface area contributed by atoms with E-state index in [2.05, 4.69) is 15.9 Å². The van der Waals surface area contributed by atoms with Gasteiger partial charge in [-0.2, -0.15) is 0 Å². The van der Waals surface area contributed by atoms with Gasteiger partial charge in [0.2, 0.25) is 0 Å². The van der Waals surface area contributed by atoms with Crippen LogP contribution in [0.15, 0.2) is 53.0 Å². The molecule has 0 N–H and O–H groups in total. The van der Waals surface area contributed by atoms with Crippen LogP contribution in [0.3, 0.4) is 0 Å². The van der Waals surface area contributed by atoms with Crippen molar-refractivity contribution >= 4 is 50.3 Å². The molecule has 0 saturated carbocycles. The van der Waals surface area contributed by atoms with Gasteiger partial charge in [-0.15, -0.1) is 0 Å². The third-order valence-electron chi connectivity index (χ3n) is 6.14. The summed E-state index contributed by atoms with van der Waals surface area (Å²) in [6, 6.07) is 12.8. The van der Waals surface area contributed by atoms with Gasteiger partial charge in [0.25, 0.3) is 11.8 Å². The van der Waals surface area contributed by atoms with Crippen molar-refractivity contribution in [3.8, 4) is 0 Å². The zero-order valence-corrected chi connectivity index (χ0v) is 18.8. The topological polar surface area (TPSA) is 80.8 Å². The molecule has 0 saturated heterocycles. The van der Waals surface area contributed by atoms with E-state index in [-0.39, 0.29) is 5.78 Å². The molecular formula is C25H18BrNO5. The van der Waals surface area contributed by atoms with Crippen LogP contribution in [0.2, 0.25) is 0 Å². The van der Waals surface area contributed by atoms with Crippen LogP contribution in [0, 0.1) is 0 Å². The number of carbonyl (C=O) groups is 4. The van der Waals surface area contributed by atoms with Crippen LogP contribution in [0.4, 0.5) is 0 Å². The molecule has 0 bridgehead atoms. The molecule has 0 spiro atoms. The number of hydrogen-bond acceptors (Lipinski definition) is 5. The van der Waals surface area contributed by atoms with Gasteiger partial charge in [0, 0.05) is 26.5 Å². The van der Waals surface area contributed by atoms with Crippen LogP contribution in [0.25, 0.3) is 10.8 Å². The van der Waals surface area contributed by atoms with Gasteiger partial charge in [-0.1, -0.05) is 40.2 Å². The predicted octanol–water partition coefficient (Wildman–Crippen LogP) is 4.11. The molecule has 1 aliphatic heterocycles. The lowest BCUT2D eigenvalue weighted by molar-refractivity contribution is -0.146. The van der Waals surface area contributed by atoms with Gasteiger partial charge in [0.15, 0.2) is 12.4 Å². The second-order valence-electron chi connectivity index (χ2n) is 7.99. The Kier molecular flexibility index (Phi) is 4.93. The fourth-order valence-corrected chi connectivity index (χ4v) is 4.74. The molecule has 2 amide bonds. The Bertz CT molecular complexity index is 1270. The minimum Gasteiger partial charge on any atom is -0.456 e. The lowest BCUT2D eigenvalue weighted by Gasteiger charge is -2.31. The fraction of sp³-hybridized carbons (Fsp3) is 0.200. The summed E-state index contributed by atoms with van der Waals surface area (Å²) in [6.07, 6.45) is 1.77. The number of halogens is 1. The Balaban J connectivity index is 1.38. The van der Waals surface area contributed by atoms with Crippen LogP contribution in [0.1, 0.15) is 49.1 Å². The molecule has 1 aliphatic carbocycles. The van der Waals surface area contributed by atoms with Gasteiger partial charge in [0.05, 0.1) is 0 Å². The van der Waals surface area contributed by atoms with Crippen LogP contribution >= 0.6 is 15.9 Å². The molecule has 0 aromatic heterocycles. The summed E-state index contributed by atoms with van der Waals surface area (Å²) >= 11 is 3.30. The van der Waals surface area contributed by atoms with Gasteiger partial charge in [-0.05, 0) is 60.5 Å². The zero-order chi connectivity index (χ0) is 22.6. The van der Waals surface area contributed by atoms with Gasteiger partial charge in [-0.3, -0.25) is 19.3 Å². The zero-order valence-electron chi connectivity index (χ0n) is 17.2. The second-order valence-corrected chi connectivity index (χ2v) is 8.90. The lowest BCUT2D eigenvalue weighted by atomic mass is 9.90. The van der Waals surface area contributed by atoms with Crippen LogP contribution < -0.4 is 0 Å². The summed E-state index contributed by atoms with van der Waals surface area (Å²) in [5.41, 5.74) is 3.49. The second kappa shape index (κ2) is 7.67. The van der Waals surface area contributed by atoms with E-state index < -0.39 is 30.4 Å². The quantitative estimate of drug-likeness (QED) is 0.304. The number of amides is 2. The summed E-state index contributed by atoms with van der Waals surface area (Å²) in [4.78, 5) is 52.3. The maximum Gasteiger partial charge on any atom is 0.329 e. The molecule has 0 fully saturated rings. The number of rotatable bonds is 5. The Morgan fingerprint density at radius 3 is 2.03 bits per heavy atom. The molecule has 1 atom stereocenters. The molecule has 160 valence electrons. The average molecular weight is 492 g/mol. The largest absolute Gasteiger partial charge is 0.456 e. The van der Waals surface area contributed by atoms with Crippen molar-refractivity contribution in [2.24, 2.45) is 0 Å². The monoisotopic (exact) mass is 491 g/mol. The van der Waals surface area contributed by atoms with Crippen LogP contribution in [-0.2, 0) is 22.4 Å². The highest BCUT2D eigenvalue weighted by Gasteiger charge is 2.40. The van der Waals surface area contributed by atoms with E-state index in [1.54, 1.807) is 36.4 Å². The first-order chi connectivity index (χ1) is 15.4. The van der Waals surface area contributed by atoms with Crippen molar-refractivity contribution in [2.45, 2.75) is 25.8 Å². The third-order valence-corrected chi connectivity index (χ3v) is 6.66. The number of carbonyl (C=O) groups excluding carboxylic acids is 4. The first-order valence-corrected chi connectivity index (χ1v) is 11.1. The van der Waals surface area contributed by atoms with Crippen molar-refractivity contribution in [2.75, 3.05) is 6.61 Å². The minimum absolute atomic E-state index is 0.372. The van der Waals surface area contributed by atoms with Crippen molar-refractivity contribution < 1.29 is 23.9 Å². The van der Waals surface area contributed by atoms with Crippen molar-refractivity contribution in [3.63, 3.8) is 0 Å². The molecule has 2 aliphatic rings. The van der Waals surface area contributed by atoms with Crippen molar-refractivity contribution in [1.29, 1.82) is 0 Å². The van der Waals surface area contributed by atoms with Crippen molar-refractivity contribution in [3.05, 3.63) is 80.8 Å². The minimum atomic E-state index is -1.17. The molecule has 1 heterocycles. The number of aryl methyl sites for hydroxylation is 2. The van der Waals surface area contributed by atoms with Crippen LogP contribution in [-0.4, -0.2) is 41.1 Å². The Hall–Kier alpha value is -3.32. The van der Waals surface area contributed by atoms with Gasteiger partial charge < -0.3 is 4.74 Å². The van der Waals surface area contributed by atoms with E-state index >= 15 is 0 Å². The molecule has 32 heavy (non-hydrogen) atoms. The summed E-state index contributed by atoms with van der Waals surface area (Å²) in [6.45, 7) is 0.963. The van der Waals surface area contributed by atoms with Crippen LogP contribution in [0.5, 0.6) is 0 Å². The van der Waals surface area contributed by atoms with Gasteiger partial charge in [0.1, 0.15) is 6.04 Å². The smallest absolute Gasteiger partial charge is 0.329 e. The maximum absolute atomic E-state index is 13.2. The number of imide groups is 1. The predicted molar refractivity (Wildman–Crippen MR) is 121 cm³/mol. The Labute approximate surface area is 192 Å². The van der Waals surface area contributed by atoms with Crippen molar-refractivity contribution in [1.82, 2.24) is 4.90 Å². The molecule has 3 aromatic rings. The SMILES string of the molecule is C[C@H](C(=O)OCC(=O)c1ccc(Br)cc1)N1C(=O)c2ccc3c4c(ccc(c24)C1=O)CC3. The van der Waals surface area contributed by atoms with E-state index in [0.717, 1.165) is 38.7 Å². The highest BCUT2D eigenvalue weighted by atomic mass is 79.9. The highest BCUT2D eigenvalue weighted by Crippen LogP contribution is 2.38. The number of benzene rings is 3. The maximum atomic E-state index is 13.2. The van der Waals surface area contributed by atoms with E-state index in [9.17, 15) is 19.2 Å². The molecule has 7 heteroatoms. The fourth-order valence-electron chi connectivity index (χ4n) is 4.47. The van der Waals surface area contributed by atoms with E-state index in [0.29, 0.717) is 22.1 Å². The number of Topliss-reactive ketones (excluding diaryl/α,β-unsaturated/α-hetero) is 1. The lowest BCUT2D eigenvalue weighted by Crippen LogP contribution is -2.49. The Morgan fingerprint density at radius 2 is 1.47 bits per heavy atom. The summed E-state index contributed by atoms with van der Waals surface area (Å²) in [7, 11) is 0. The first kappa shape index (κ1) is 20.6. The van der Waals surface area contributed by atoms with Gasteiger partial charge >= 0.3 is 5.97 Å². The molecule has 0 radical (unpaired) electrons. The molecule has 0 unspecified atom stereocenters. The number of ether oxygens (including phenoxy) is 1. The Morgan fingerprint density at radius 1 is 0.906 bits per heavy atom. The number of ketones is 1. The molecule has 6 nitrogen and oxygen atoms in total. The highest BCUT2D eigenvalue weighted by molar-refractivity contribution is 9.10. The van der Waals surface area contributed by atoms with E-state index in [4.69, 9.17) is 4.74 Å². The third kappa shape index (κ3) is 3.15. The summed E-state index contributed by atoms with van der Waals surface area (Å²) in [5, 5.41) is 1.66. The molecule has 3 aromatic carbocycles. The molecule has 5 rings (SSSR count). The van der Waals surface area contributed by atoms with E-state index in [1.165, 1.54) is 6.92 Å². The number of esters is 1.